The highest BCUT2D eigenvalue weighted by Gasteiger charge is 2.25. The first kappa shape index (κ1) is 17.9. The summed E-state index contributed by atoms with van der Waals surface area (Å²) >= 11 is 3.57. The van der Waals surface area contributed by atoms with Crippen LogP contribution in [0.4, 0.5) is 0 Å². The van der Waals surface area contributed by atoms with Crippen LogP contribution in [0.25, 0.3) is 5.57 Å². The van der Waals surface area contributed by atoms with Crippen molar-refractivity contribution < 1.29 is 9.53 Å². The van der Waals surface area contributed by atoms with Crippen LogP contribution in [0, 0.1) is 11.3 Å². The Hall–Kier alpha value is -1.48. The minimum Gasteiger partial charge on any atom is -0.377 e. The molecule has 0 spiro atoms. The Kier molecular flexibility index (Phi) is 6.11. The molecule has 1 N–H and O–H groups in total. The minimum atomic E-state index is -0.335. The van der Waals surface area contributed by atoms with E-state index in [1.807, 2.05) is 26.0 Å². The fraction of sp³-hybridized carbons (Fsp3) is 0.444. The molecule has 23 heavy (non-hydrogen) atoms. The lowest BCUT2D eigenvalue weighted by molar-refractivity contribution is -0.122. The summed E-state index contributed by atoms with van der Waals surface area (Å²) in [6, 6.07) is 5.65. The summed E-state index contributed by atoms with van der Waals surface area (Å²) in [5, 5.41) is 12.5. The van der Waals surface area contributed by atoms with Crippen molar-refractivity contribution in [2.24, 2.45) is 0 Å². The number of hydrogen-bond acceptors (Lipinski definition) is 4. The number of carbonyl (C=O) groups is 1. The molecule has 2 rings (SSSR count). The Morgan fingerprint density at radius 1 is 1.52 bits per heavy atom. The Labute approximate surface area is 145 Å². The molecule has 0 fully saturated rings. The Morgan fingerprint density at radius 2 is 2.26 bits per heavy atom. The number of Topliss-reactive ketones (excluding diaryl/α,β-unsaturated/α-hetero) is 1. The van der Waals surface area contributed by atoms with E-state index in [2.05, 4.69) is 33.4 Å². The first-order chi connectivity index (χ1) is 11.0. The average Bonchev–Trinajstić information content (AvgIpc) is 2.93. The molecule has 2 unspecified atom stereocenters. The molecule has 2 atom stereocenters. The van der Waals surface area contributed by atoms with Crippen LogP contribution in [-0.4, -0.2) is 31.1 Å². The van der Waals surface area contributed by atoms with Gasteiger partial charge < -0.3 is 10.1 Å². The van der Waals surface area contributed by atoms with Gasteiger partial charge in [0.05, 0.1) is 23.8 Å². The molecule has 0 amide bonds. The number of ether oxygens (including phenoxy) is 1. The number of benzene rings is 1. The van der Waals surface area contributed by atoms with Crippen LogP contribution < -0.4 is 5.32 Å². The van der Waals surface area contributed by atoms with E-state index in [0.717, 1.165) is 27.6 Å². The lowest BCUT2D eigenvalue weighted by Crippen LogP contribution is -2.45. The van der Waals surface area contributed by atoms with Crippen LogP contribution in [0.1, 0.15) is 37.5 Å². The number of allylic oxidation sites excluding steroid dienone is 1. The van der Waals surface area contributed by atoms with Gasteiger partial charge in [0.25, 0.3) is 0 Å². The highest BCUT2D eigenvalue weighted by atomic mass is 79.9. The molecule has 0 heterocycles. The second-order valence-corrected chi connectivity index (χ2v) is 6.48. The molecule has 4 nitrogen and oxygen atoms in total. The lowest BCUT2D eigenvalue weighted by Gasteiger charge is -2.23. The molecule has 0 radical (unpaired) electrons. The van der Waals surface area contributed by atoms with Crippen LogP contribution in [0.2, 0.25) is 0 Å². The van der Waals surface area contributed by atoms with Crippen LogP contribution in [0.3, 0.4) is 0 Å². The average molecular weight is 377 g/mol. The number of halogens is 1. The maximum atomic E-state index is 11.9. The summed E-state index contributed by atoms with van der Waals surface area (Å²) in [5.41, 5.74) is 3.94. The van der Waals surface area contributed by atoms with Crippen molar-refractivity contribution in [3.05, 3.63) is 39.4 Å². The molecule has 1 aromatic rings. The molecule has 0 bridgehead atoms. The summed E-state index contributed by atoms with van der Waals surface area (Å²) in [4.78, 5) is 11.9. The lowest BCUT2D eigenvalue weighted by atomic mass is 10.0. The Morgan fingerprint density at radius 3 is 2.87 bits per heavy atom. The number of fused-ring (bicyclic) bond motifs is 1. The first-order valence-corrected chi connectivity index (χ1v) is 8.55. The van der Waals surface area contributed by atoms with Crippen molar-refractivity contribution in [1.82, 2.24) is 5.32 Å². The molecule has 0 saturated carbocycles. The highest BCUT2D eigenvalue weighted by molar-refractivity contribution is 9.10. The summed E-state index contributed by atoms with van der Waals surface area (Å²) < 4.78 is 6.54. The maximum Gasteiger partial charge on any atom is 0.149 e. The maximum absolute atomic E-state index is 11.9. The van der Waals surface area contributed by atoms with Gasteiger partial charge in [-0.25, -0.2) is 0 Å². The van der Waals surface area contributed by atoms with Gasteiger partial charge in [0, 0.05) is 17.6 Å². The van der Waals surface area contributed by atoms with Crippen molar-refractivity contribution in [3.63, 3.8) is 0 Å². The summed E-state index contributed by atoms with van der Waals surface area (Å²) in [7, 11) is 0. The number of carbonyl (C=O) groups excluding carboxylic acids is 1. The third-order valence-corrected chi connectivity index (χ3v) is 4.77. The zero-order chi connectivity index (χ0) is 17.0. The fourth-order valence-electron chi connectivity index (χ4n) is 2.99. The SMILES string of the molecule is CCOC(C)C(NCC1=CCc2c(C#N)ccc(Br)c21)C(C)=O. The van der Waals surface area contributed by atoms with Crippen molar-refractivity contribution in [2.75, 3.05) is 13.2 Å². The van der Waals surface area contributed by atoms with Crippen LogP contribution in [0.15, 0.2) is 22.7 Å². The quantitative estimate of drug-likeness (QED) is 0.793. The van der Waals surface area contributed by atoms with E-state index in [-0.39, 0.29) is 17.9 Å². The second kappa shape index (κ2) is 7.87. The molecular formula is C18H21BrN2O2. The number of nitrogens with zero attached hydrogens (tertiary/aromatic N) is 1. The Bertz CT molecular complexity index is 676. The molecule has 1 aliphatic carbocycles. The molecule has 0 aromatic heterocycles. The van der Waals surface area contributed by atoms with Crippen molar-refractivity contribution in [1.29, 1.82) is 5.26 Å². The molecule has 5 heteroatoms. The molecule has 1 aliphatic rings. The normalized spacial score (nSPS) is 15.5. The predicted octanol–water partition coefficient (Wildman–Crippen LogP) is 3.23. The van der Waals surface area contributed by atoms with Gasteiger partial charge >= 0.3 is 0 Å². The summed E-state index contributed by atoms with van der Waals surface area (Å²) in [6.45, 7) is 6.55. The van der Waals surface area contributed by atoms with Gasteiger partial charge in [-0.3, -0.25) is 4.79 Å². The molecule has 0 saturated heterocycles. The monoisotopic (exact) mass is 376 g/mol. The number of ketones is 1. The van der Waals surface area contributed by atoms with E-state index < -0.39 is 0 Å². The zero-order valence-electron chi connectivity index (χ0n) is 13.6. The number of rotatable bonds is 7. The van der Waals surface area contributed by atoms with Gasteiger partial charge in [-0.2, -0.15) is 5.26 Å². The largest absolute Gasteiger partial charge is 0.377 e. The zero-order valence-corrected chi connectivity index (χ0v) is 15.2. The molecule has 122 valence electrons. The van der Waals surface area contributed by atoms with Crippen LogP contribution in [-0.2, 0) is 16.0 Å². The van der Waals surface area contributed by atoms with Crippen molar-refractivity contribution in [2.45, 2.75) is 39.3 Å². The highest BCUT2D eigenvalue weighted by Crippen LogP contribution is 2.35. The van der Waals surface area contributed by atoms with Gasteiger partial charge in [0.1, 0.15) is 5.78 Å². The topological polar surface area (TPSA) is 62.1 Å². The predicted molar refractivity (Wildman–Crippen MR) is 94.1 cm³/mol. The van der Waals surface area contributed by atoms with E-state index in [1.165, 1.54) is 0 Å². The standard InChI is InChI=1S/C18H21BrN2O2/c1-4-23-12(3)18(11(2)22)21-10-14-5-7-15-13(9-20)6-8-16(19)17(14)15/h5-6,8,12,18,21H,4,7,10H2,1-3H3. The van der Waals surface area contributed by atoms with Crippen LogP contribution in [0.5, 0.6) is 0 Å². The van der Waals surface area contributed by atoms with E-state index in [1.54, 1.807) is 6.92 Å². The van der Waals surface area contributed by atoms with E-state index >= 15 is 0 Å². The van der Waals surface area contributed by atoms with Crippen molar-refractivity contribution in [3.8, 4) is 6.07 Å². The fourth-order valence-corrected chi connectivity index (χ4v) is 3.62. The molecule has 0 aliphatic heterocycles. The third kappa shape index (κ3) is 3.89. The third-order valence-electron chi connectivity index (χ3n) is 4.11. The first-order valence-electron chi connectivity index (χ1n) is 7.75. The number of nitrogens with one attached hydrogen (secondary N) is 1. The summed E-state index contributed by atoms with van der Waals surface area (Å²) in [5.74, 6) is 0.0645. The number of hydrogen-bond donors (Lipinski definition) is 1. The van der Waals surface area contributed by atoms with E-state index in [0.29, 0.717) is 18.7 Å². The smallest absolute Gasteiger partial charge is 0.149 e. The second-order valence-electron chi connectivity index (χ2n) is 5.62. The van der Waals surface area contributed by atoms with Gasteiger partial charge in [0.2, 0.25) is 0 Å². The molecular weight excluding hydrogens is 356 g/mol. The van der Waals surface area contributed by atoms with Crippen LogP contribution >= 0.6 is 15.9 Å². The van der Waals surface area contributed by atoms with Gasteiger partial charge in [-0.1, -0.05) is 22.0 Å². The number of nitriles is 1. The molecule has 1 aromatic carbocycles. The van der Waals surface area contributed by atoms with Gasteiger partial charge in [0.15, 0.2) is 0 Å². The van der Waals surface area contributed by atoms with E-state index in [9.17, 15) is 10.1 Å². The summed E-state index contributed by atoms with van der Waals surface area (Å²) in [6.07, 6.45) is 2.69. The van der Waals surface area contributed by atoms with Gasteiger partial charge in [-0.05, 0) is 56.0 Å². The Balaban J connectivity index is 2.15. The minimum absolute atomic E-state index is 0.0645. The van der Waals surface area contributed by atoms with Gasteiger partial charge in [-0.15, -0.1) is 0 Å². The van der Waals surface area contributed by atoms with Crippen molar-refractivity contribution >= 4 is 27.3 Å². The van der Waals surface area contributed by atoms with E-state index in [4.69, 9.17) is 4.74 Å².